The Morgan fingerprint density at radius 1 is 0.708 bits per heavy atom. The molecule has 2 rings (SSSR count). The molecule has 0 aliphatic carbocycles. The van der Waals surface area contributed by atoms with E-state index in [1.54, 1.807) is 0 Å². The molecule has 7 N–H and O–H groups in total. The second-order valence-corrected chi connectivity index (χ2v) is 5.74. The van der Waals surface area contributed by atoms with Crippen LogP contribution < -0.4 is 0 Å². The van der Waals surface area contributed by atoms with Gasteiger partial charge in [0.25, 0.3) is 0 Å². The van der Waals surface area contributed by atoms with Gasteiger partial charge >= 0.3 is 0 Å². The molecule has 0 amide bonds. The van der Waals surface area contributed by atoms with E-state index >= 15 is 0 Å². The molecule has 2 aliphatic rings. The molecule has 0 saturated carbocycles. The first-order chi connectivity index (χ1) is 11.3. The number of ether oxygens (including phenoxy) is 4. The maximum Gasteiger partial charge on any atom is 0.187 e. The summed E-state index contributed by atoms with van der Waals surface area (Å²) in [6.07, 6.45) is -14.3. The number of hydrogen-bond donors (Lipinski definition) is 7. The third-order valence-electron chi connectivity index (χ3n) is 4.19. The largest absolute Gasteiger partial charge is 0.394 e. The molecule has 0 aromatic heterocycles. The standard InChI is InChI=1S/C13H24O11/c1-21-12-10(20)8(18)11(5(3-15)23-12)24-13-9(19)7(17)6(16)4(2-14)22-13/h4-20H,2-3H2,1H3/t4?,5?,6-,7+,8-,9?,10?,11-,12+,13-/m1/s1. The van der Waals surface area contributed by atoms with Crippen LogP contribution in [0.15, 0.2) is 0 Å². The van der Waals surface area contributed by atoms with Crippen LogP contribution in [0.5, 0.6) is 0 Å². The maximum atomic E-state index is 10.2. The van der Waals surface area contributed by atoms with Crippen LogP contribution in [0.3, 0.4) is 0 Å². The van der Waals surface area contributed by atoms with E-state index in [4.69, 9.17) is 24.1 Å². The summed E-state index contributed by atoms with van der Waals surface area (Å²) in [5.74, 6) is 0. The summed E-state index contributed by atoms with van der Waals surface area (Å²) < 4.78 is 20.6. The van der Waals surface area contributed by atoms with Gasteiger partial charge in [0, 0.05) is 7.11 Å². The Bertz CT molecular complexity index is 392. The molecule has 24 heavy (non-hydrogen) atoms. The van der Waals surface area contributed by atoms with E-state index in [0.29, 0.717) is 0 Å². The van der Waals surface area contributed by atoms with Crippen molar-refractivity contribution >= 4 is 0 Å². The Morgan fingerprint density at radius 2 is 1.25 bits per heavy atom. The molecule has 0 bridgehead atoms. The maximum absolute atomic E-state index is 10.2. The zero-order valence-electron chi connectivity index (χ0n) is 13.0. The highest BCUT2D eigenvalue weighted by molar-refractivity contribution is 4.93. The number of rotatable bonds is 5. The van der Waals surface area contributed by atoms with Gasteiger partial charge in [-0.05, 0) is 0 Å². The molecule has 11 heteroatoms. The van der Waals surface area contributed by atoms with E-state index in [1.165, 1.54) is 7.11 Å². The van der Waals surface area contributed by atoms with E-state index in [2.05, 4.69) is 0 Å². The Balaban J connectivity index is 2.12. The van der Waals surface area contributed by atoms with E-state index in [0.717, 1.165) is 0 Å². The lowest BCUT2D eigenvalue weighted by Crippen LogP contribution is -2.64. The Morgan fingerprint density at radius 3 is 1.79 bits per heavy atom. The normalized spacial score (nSPS) is 50.0. The predicted molar refractivity (Wildman–Crippen MR) is 73.4 cm³/mol. The Hall–Kier alpha value is -0.440. The second-order valence-electron chi connectivity index (χ2n) is 5.74. The Kier molecular flexibility index (Phi) is 6.87. The molecule has 0 aromatic carbocycles. The van der Waals surface area contributed by atoms with Gasteiger partial charge < -0.3 is 54.7 Å². The van der Waals surface area contributed by atoms with Gasteiger partial charge in [0.1, 0.15) is 48.8 Å². The predicted octanol–water partition coefficient (Wildman–Crippen LogP) is -4.74. The topological polar surface area (TPSA) is 179 Å². The van der Waals surface area contributed by atoms with Crippen LogP contribution in [0.2, 0.25) is 0 Å². The van der Waals surface area contributed by atoms with Crippen molar-refractivity contribution in [3.8, 4) is 0 Å². The third-order valence-corrected chi connectivity index (χ3v) is 4.19. The summed E-state index contributed by atoms with van der Waals surface area (Å²) in [5.41, 5.74) is 0. The molecule has 2 heterocycles. The quantitative estimate of drug-likeness (QED) is 0.251. The van der Waals surface area contributed by atoms with Crippen molar-refractivity contribution in [3.63, 3.8) is 0 Å². The minimum atomic E-state index is -1.69. The number of methoxy groups -OCH3 is 1. The zero-order valence-corrected chi connectivity index (χ0v) is 13.0. The van der Waals surface area contributed by atoms with Gasteiger partial charge in [-0.2, -0.15) is 0 Å². The highest BCUT2D eigenvalue weighted by Gasteiger charge is 2.50. The summed E-state index contributed by atoms with van der Waals surface area (Å²) in [6.45, 7) is -1.24. The first-order valence-electron chi connectivity index (χ1n) is 7.46. The molecule has 0 aromatic rings. The fourth-order valence-corrected chi connectivity index (χ4v) is 2.75. The summed E-state index contributed by atoms with van der Waals surface area (Å²) in [5, 5.41) is 68.0. The average Bonchev–Trinajstić information content (AvgIpc) is 2.59. The van der Waals surface area contributed by atoms with Crippen molar-refractivity contribution in [2.24, 2.45) is 0 Å². The van der Waals surface area contributed by atoms with Gasteiger partial charge in [0.2, 0.25) is 0 Å². The molecule has 0 radical (unpaired) electrons. The lowest BCUT2D eigenvalue weighted by molar-refractivity contribution is -0.357. The summed E-state index contributed by atoms with van der Waals surface area (Å²) >= 11 is 0. The third kappa shape index (κ3) is 3.71. The molecule has 0 spiro atoms. The van der Waals surface area contributed by atoms with Crippen LogP contribution in [-0.2, 0) is 18.9 Å². The lowest BCUT2D eigenvalue weighted by Gasteiger charge is -2.45. The summed E-state index contributed by atoms with van der Waals surface area (Å²) in [4.78, 5) is 0. The van der Waals surface area contributed by atoms with E-state index in [1.807, 2.05) is 0 Å². The van der Waals surface area contributed by atoms with Gasteiger partial charge in [-0.1, -0.05) is 0 Å². The molecular weight excluding hydrogens is 332 g/mol. The van der Waals surface area contributed by atoms with Crippen LogP contribution in [0, 0.1) is 0 Å². The minimum Gasteiger partial charge on any atom is -0.394 e. The van der Waals surface area contributed by atoms with Crippen molar-refractivity contribution in [1.29, 1.82) is 0 Å². The first-order valence-corrected chi connectivity index (χ1v) is 7.46. The molecule has 4 unspecified atom stereocenters. The average molecular weight is 356 g/mol. The van der Waals surface area contributed by atoms with Gasteiger partial charge in [-0.3, -0.25) is 0 Å². The molecular formula is C13H24O11. The van der Waals surface area contributed by atoms with Crippen molar-refractivity contribution < 1.29 is 54.7 Å². The minimum absolute atomic E-state index is 0.592. The van der Waals surface area contributed by atoms with Gasteiger partial charge in [0.15, 0.2) is 12.6 Å². The van der Waals surface area contributed by atoms with Crippen LogP contribution in [0.1, 0.15) is 0 Å². The van der Waals surface area contributed by atoms with E-state index in [-0.39, 0.29) is 0 Å². The highest BCUT2D eigenvalue weighted by Crippen LogP contribution is 2.29. The van der Waals surface area contributed by atoms with Crippen LogP contribution in [0.25, 0.3) is 0 Å². The van der Waals surface area contributed by atoms with Crippen molar-refractivity contribution in [2.75, 3.05) is 20.3 Å². The Labute approximate surface area is 137 Å². The van der Waals surface area contributed by atoms with Crippen LogP contribution in [0.4, 0.5) is 0 Å². The van der Waals surface area contributed by atoms with Crippen molar-refractivity contribution in [2.45, 2.75) is 61.4 Å². The SMILES string of the molecule is CO[C@H]1OC(CO)[C@@H](O[C@H]2OC(CO)[C@@H](O)[C@H](O)C2O)[C@H](O)C1O. The molecule has 11 nitrogen and oxygen atoms in total. The fraction of sp³-hybridized carbons (Fsp3) is 1.00. The van der Waals surface area contributed by atoms with Gasteiger partial charge in [-0.15, -0.1) is 0 Å². The second kappa shape index (κ2) is 8.29. The molecule has 10 atom stereocenters. The number of hydrogen-bond acceptors (Lipinski definition) is 11. The smallest absolute Gasteiger partial charge is 0.187 e. The van der Waals surface area contributed by atoms with Gasteiger partial charge in [0.05, 0.1) is 13.2 Å². The monoisotopic (exact) mass is 356 g/mol. The molecule has 2 aliphatic heterocycles. The van der Waals surface area contributed by atoms with Gasteiger partial charge in [-0.25, -0.2) is 0 Å². The lowest BCUT2D eigenvalue weighted by atomic mass is 9.97. The summed E-state index contributed by atoms with van der Waals surface area (Å²) in [7, 11) is 1.24. The van der Waals surface area contributed by atoms with Crippen LogP contribution >= 0.6 is 0 Å². The molecule has 2 fully saturated rings. The molecule has 2 saturated heterocycles. The van der Waals surface area contributed by atoms with E-state index in [9.17, 15) is 30.6 Å². The van der Waals surface area contributed by atoms with Crippen LogP contribution in [-0.4, -0.2) is 117 Å². The highest BCUT2D eigenvalue weighted by atomic mass is 16.7. The summed E-state index contributed by atoms with van der Waals surface area (Å²) in [6, 6.07) is 0. The van der Waals surface area contributed by atoms with E-state index < -0.39 is 74.6 Å². The molecule has 142 valence electrons. The zero-order chi connectivity index (χ0) is 18.0. The van der Waals surface area contributed by atoms with Crippen molar-refractivity contribution in [1.82, 2.24) is 0 Å². The number of aliphatic hydroxyl groups is 7. The fourth-order valence-electron chi connectivity index (χ4n) is 2.75. The number of aliphatic hydroxyl groups excluding tert-OH is 7. The van der Waals surface area contributed by atoms with Crippen molar-refractivity contribution in [3.05, 3.63) is 0 Å². The first kappa shape index (κ1) is 19.9.